The van der Waals surface area contributed by atoms with Crippen molar-refractivity contribution in [2.24, 2.45) is 4.40 Å². The number of pyridine rings is 1. The number of rotatable bonds is 2. The molecule has 1 N–H and O–H groups in total. The van der Waals surface area contributed by atoms with E-state index in [9.17, 15) is 9.35 Å². The molecular formula is C15H17ClN2O2S. The van der Waals surface area contributed by atoms with Gasteiger partial charge in [0.15, 0.2) is 0 Å². The first-order valence-electron chi connectivity index (χ1n) is 6.49. The maximum absolute atomic E-state index is 12.1. The number of hydrogen-bond acceptors (Lipinski definition) is 3. The van der Waals surface area contributed by atoms with Gasteiger partial charge in [0.2, 0.25) is 0 Å². The number of nitrogens with zero attached hydrogens (tertiary/aromatic N) is 1. The highest BCUT2D eigenvalue weighted by molar-refractivity contribution is 7.91. The lowest BCUT2D eigenvalue weighted by Crippen LogP contribution is -2.27. The molecule has 0 spiro atoms. The summed E-state index contributed by atoms with van der Waals surface area (Å²) in [6.07, 6.45) is 0. The average molecular weight is 325 g/mol. The number of benzene rings is 1. The molecule has 0 amide bonds. The van der Waals surface area contributed by atoms with Gasteiger partial charge < -0.3 is 9.54 Å². The van der Waals surface area contributed by atoms with E-state index in [4.69, 9.17) is 11.6 Å². The second-order valence-electron chi connectivity index (χ2n) is 5.78. The molecule has 2 aromatic rings. The number of aromatic amines is 1. The zero-order chi connectivity index (χ0) is 15.8. The first kappa shape index (κ1) is 16.1. The third kappa shape index (κ3) is 3.67. The van der Waals surface area contributed by atoms with Crippen molar-refractivity contribution in [3.8, 4) is 0 Å². The molecule has 0 radical (unpaired) electrons. The van der Waals surface area contributed by atoms with Crippen LogP contribution in [-0.2, 0) is 11.4 Å². The minimum Gasteiger partial charge on any atom is -0.591 e. The highest BCUT2D eigenvalue weighted by atomic mass is 35.5. The summed E-state index contributed by atoms with van der Waals surface area (Å²) in [5.41, 5.74) is 1.31. The normalized spacial score (nSPS) is 14.5. The van der Waals surface area contributed by atoms with Gasteiger partial charge in [-0.25, -0.2) is 0 Å². The van der Waals surface area contributed by atoms with Gasteiger partial charge in [0, 0.05) is 15.9 Å². The van der Waals surface area contributed by atoms with Gasteiger partial charge in [-0.1, -0.05) is 16.0 Å². The van der Waals surface area contributed by atoms with E-state index in [1.54, 1.807) is 31.2 Å². The van der Waals surface area contributed by atoms with E-state index in [1.165, 1.54) is 0 Å². The van der Waals surface area contributed by atoms with Crippen LogP contribution in [0, 0.1) is 0 Å². The summed E-state index contributed by atoms with van der Waals surface area (Å²) < 4.78 is 15.7. The summed E-state index contributed by atoms with van der Waals surface area (Å²) in [6, 6.07) is 6.96. The molecule has 112 valence electrons. The maximum Gasteiger partial charge on any atom is 0.257 e. The molecule has 21 heavy (non-hydrogen) atoms. The van der Waals surface area contributed by atoms with Crippen LogP contribution < -0.4 is 5.56 Å². The minimum absolute atomic E-state index is 0.253. The summed E-state index contributed by atoms with van der Waals surface area (Å²) in [5, 5.41) is 1.40. The molecule has 0 saturated heterocycles. The fraction of sp³-hybridized carbons (Fsp3) is 0.333. The van der Waals surface area contributed by atoms with Gasteiger partial charge >= 0.3 is 0 Å². The molecule has 0 aliphatic carbocycles. The summed E-state index contributed by atoms with van der Waals surface area (Å²) in [6.45, 7) is 7.20. The predicted octanol–water partition coefficient (Wildman–Crippen LogP) is 3.45. The highest BCUT2D eigenvalue weighted by Crippen LogP contribution is 2.20. The SMILES string of the molecule is C/C(=N\[S+]([O-])C(C)(C)C)c1cc2cc(Cl)ccc2[nH]c1=O. The van der Waals surface area contributed by atoms with Crippen LogP contribution in [0.2, 0.25) is 5.02 Å². The van der Waals surface area contributed by atoms with Crippen molar-refractivity contribution in [3.05, 3.63) is 45.2 Å². The first-order chi connectivity index (χ1) is 9.68. The molecule has 4 nitrogen and oxygen atoms in total. The van der Waals surface area contributed by atoms with Crippen molar-refractivity contribution < 1.29 is 4.55 Å². The topological polar surface area (TPSA) is 68.3 Å². The zero-order valence-corrected chi connectivity index (χ0v) is 13.9. The van der Waals surface area contributed by atoms with Gasteiger partial charge in [-0.05, 0) is 52.0 Å². The summed E-state index contributed by atoms with van der Waals surface area (Å²) in [7, 11) is 0. The average Bonchev–Trinajstić information content (AvgIpc) is 2.37. The van der Waals surface area contributed by atoms with Gasteiger partial charge in [0.1, 0.15) is 21.8 Å². The van der Waals surface area contributed by atoms with Crippen LogP contribution in [0.3, 0.4) is 0 Å². The molecule has 1 aromatic heterocycles. The third-order valence-electron chi connectivity index (χ3n) is 2.94. The Hall–Kier alpha value is -1.30. The van der Waals surface area contributed by atoms with E-state index in [0.717, 1.165) is 5.39 Å². The quantitative estimate of drug-likeness (QED) is 0.679. The first-order valence-corrected chi connectivity index (χ1v) is 7.97. The molecule has 0 aliphatic heterocycles. The van der Waals surface area contributed by atoms with Crippen molar-refractivity contribution in [1.82, 2.24) is 4.98 Å². The van der Waals surface area contributed by atoms with Crippen LogP contribution in [0.5, 0.6) is 0 Å². The van der Waals surface area contributed by atoms with Gasteiger partial charge in [-0.2, -0.15) is 0 Å². The van der Waals surface area contributed by atoms with E-state index < -0.39 is 16.1 Å². The predicted molar refractivity (Wildman–Crippen MR) is 89.7 cm³/mol. The van der Waals surface area contributed by atoms with Gasteiger partial charge in [-0.3, -0.25) is 4.79 Å². The molecule has 6 heteroatoms. The molecule has 0 bridgehead atoms. The Morgan fingerprint density at radius 2 is 2.00 bits per heavy atom. The molecule has 1 atom stereocenters. The van der Waals surface area contributed by atoms with Gasteiger partial charge in [0.25, 0.3) is 5.56 Å². The molecule has 1 unspecified atom stereocenters. The van der Waals surface area contributed by atoms with Crippen LogP contribution in [0.1, 0.15) is 33.3 Å². The number of halogens is 1. The minimum atomic E-state index is -1.41. The van der Waals surface area contributed by atoms with Crippen molar-refractivity contribution in [1.29, 1.82) is 0 Å². The number of H-pyrrole nitrogens is 1. The Morgan fingerprint density at radius 1 is 1.33 bits per heavy atom. The largest absolute Gasteiger partial charge is 0.591 e. The molecule has 0 aliphatic rings. The van der Waals surface area contributed by atoms with E-state index in [0.29, 0.717) is 21.8 Å². The highest BCUT2D eigenvalue weighted by Gasteiger charge is 2.27. The van der Waals surface area contributed by atoms with Crippen LogP contribution >= 0.6 is 11.6 Å². The molecule has 1 aromatic carbocycles. The Morgan fingerprint density at radius 3 is 2.62 bits per heavy atom. The Kier molecular flexibility index (Phi) is 4.46. The standard InChI is InChI=1S/C15H17ClN2O2S/c1-9(18-21(20)15(2,3)4)12-8-10-7-11(16)5-6-13(10)17-14(12)19/h5-8H,1-4H3,(H,17,19)/b18-9+. The lowest BCUT2D eigenvalue weighted by Gasteiger charge is -2.18. The van der Waals surface area contributed by atoms with Crippen LogP contribution in [-0.4, -0.2) is 20.0 Å². The van der Waals surface area contributed by atoms with E-state index in [1.807, 2.05) is 20.8 Å². The maximum atomic E-state index is 12.1. The lowest BCUT2D eigenvalue weighted by atomic mass is 10.1. The number of aromatic nitrogens is 1. The molecule has 0 fully saturated rings. The van der Waals surface area contributed by atoms with Crippen LogP contribution in [0.15, 0.2) is 33.5 Å². The molecule has 2 rings (SSSR count). The fourth-order valence-electron chi connectivity index (χ4n) is 1.76. The lowest BCUT2D eigenvalue weighted by molar-refractivity contribution is 0.561. The fourth-order valence-corrected chi connectivity index (χ4v) is 2.56. The Balaban J connectivity index is 2.53. The van der Waals surface area contributed by atoms with Crippen molar-refractivity contribution in [3.63, 3.8) is 0 Å². The van der Waals surface area contributed by atoms with Gasteiger partial charge in [0.05, 0.1) is 5.56 Å². The second kappa shape index (κ2) is 5.83. The van der Waals surface area contributed by atoms with E-state index in [2.05, 4.69) is 9.38 Å². The molecular weight excluding hydrogens is 308 g/mol. The van der Waals surface area contributed by atoms with Crippen LogP contribution in [0.25, 0.3) is 10.9 Å². The third-order valence-corrected chi connectivity index (χ3v) is 4.66. The number of hydrogen-bond donors (Lipinski definition) is 1. The number of fused-ring (bicyclic) bond motifs is 1. The van der Waals surface area contributed by atoms with Crippen molar-refractivity contribution in [2.75, 3.05) is 0 Å². The summed E-state index contributed by atoms with van der Waals surface area (Å²) in [5.74, 6) is 0. The smallest absolute Gasteiger partial charge is 0.257 e. The van der Waals surface area contributed by atoms with E-state index >= 15 is 0 Å². The van der Waals surface area contributed by atoms with Crippen molar-refractivity contribution in [2.45, 2.75) is 32.4 Å². The van der Waals surface area contributed by atoms with E-state index in [-0.39, 0.29) is 5.56 Å². The Labute approximate surface area is 131 Å². The zero-order valence-electron chi connectivity index (χ0n) is 12.4. The molecule has 1 heterocycles. The van der Waals surface area contributed by atoms with Gasteiger partial charge in [-0.15, -0.1) is 0 Å². The monoisotopic (exact) mass is 324 g/mol. The second-order valence-corrected chi connectivity index (χ2v) is 8.12. The molecule has 0 saturated carbocycles. The summed E-state index contributed by atoms with van der Waals surface area (Å²) in [4.78, 5) is 14.9. The summed E-state index contributed by atoms with van der Waals surface area (Å²) >= 11 is 4.56. The Bertz CT molecular complexity index is 762. The van der Waals surface area contributed by atoms with Crippen molar-refractivity contribution >= 4 is 39.6 Å². The van der Waals surface area contributed by atoms with Crippen LogP contribution in [0.4, 0.5) is 0 Å². The number of nitrogens with one attached hydrogen (secondary N) is 1.